The van der Waals surface area contributed by atoms with Crippen LogP contribution >= 0.6 is 0 Å². The molecular weight excluding hydrogens is 332 g/mol. The molecule has 1 unspecified atom stereocenters. The summed E-state index contributed by atoms with van der Waals surface area (Å²) in [7, 11) is 0. The third kappa shape index (κ3) is 3.59. The van der Waals surface area contributed by atoms with Crippen LogP contribution in [0.25, 0.3) is 0 Å². The number of hydrogen-bond donors (Lipinski definition) is 4. The Morgan fingerprint density at radius 3 is 1.77 bits per heavy atom. The van der Waals surface area contributed by atoms with E-state index in [1.165, 1.54) is 18.2 Å². The molecule has 132 valence electrons. The Bertz CT molecular complexity index is 818. The molecule has 1 aliphatic carbocycles. The average Bonchev–Trinajstić information content (AvgIpc) is 2.63. The van der Waals surface area contributed by atoms with E-state index < -0.39 is 23.5 Å². The van der Waals surface area contributed by atoms with E-state index in [1.807, 2.05) is 36.4 Å². The molecule has 6 heteroatoms. The van der Waals surface area contributed by atoms with Gasteiger partial charge in [0.15, 0.2) is 0 Å². The fraction of sp³-hybridized carbons (Fsp3) is 0.100. The van der Waals surface area contributed by atoms with Gasteiger partial charge in [0, 0.05) is 11.4 Å². The van der Waals surface area contributed by atoms with Crippen LogP contribution in [0.15, 0.2) is 84.5 Å². The molecule has 1 aliphatic rings. The molecule has 0 amide bonds. The predicted octanol–water partition coefficient (Wildman–Crippen LogP) is 3.19. The van der Waals surface area contributed by atoms with Crippen molar-refractivity contribution in [3.8, 4) is 0 Å². The summed E-state index contributed by atoms with van der Waals surface area (Å²) in [5.74, 6) is -3.22. The molecule has 0 fully saturated rings. The van der Waals surface area contributed by atoms with Gasteiger partial charge in [-0.15, -0.1) is 0 Å². The van der Waals surface area contributed by atoms with Crippen molar-refractivity contribution in [2.45, 2.75) is 5.66 Å². The van der Waals surface area contributed by atoms with Crippen LogP contribution in [0, 0.1) is 5.92 Å². The number of benzene rings is 2. The van der Waals surface area contributed by atoms with Gasteiger partial charge in [0.1, 0.15) is 11.6 Å². The first-order valence-electron chi connectivity index (χ1n) is 8.04. The number of nitrogens with one attached hydrogen (secondary N) is 2. The molecule has 3 rings (SSSR count). The first-order valence-corrected chi connectivity index (χ1v) is 8.04. The lowest BCUT2D eigenvalue weighted by atomic mass is 9.84. The van der Waals surface area contributed by atoms with Gasteiger partial charge < -0.3 is 20.8 Å². The Morgan fingerprint density at radius 2 is 1.35 bits per heavy atom. The maximum absolute atomic E-state index is 11.9. The highest BCUT2D eigenvalue weighted by Gasteiger charge is 2.43. The number of anilines is 2. The van der Waals surface area contributed by atoms with Crippen LogP contribution < -0.4 is 10.6 Å². The van der Waals surface area contributed by atoms with Gasteiger partial charge in [-0.3, -0.25) is 4.79 Å². The van der Waals surface area contributed by atoms with Gasteiger partial charge in [-0.25, -0.2) is 4.79 Å². The number of para-hydroxylation sites is 2. The number of carboxylic acids is 2. The Hall–Kier alpha value is -3.54. The van der Waals surface area contributed by atoms with Crippen molar-refractivity contribution in [2.75, 3.05) is 10.6 Å². The number of hydrogen-bond acceptors (Lipinski definition) is 4. The van der Waals surface area contributed by atoms with Crippen LogP contribution in [0.2, 0.25) is 0 Å². The molecule has 0 heterocycles. The molecule has 0 bridgehead atoms. The molecule has 0 aliphatic heterocycles. The SMILES string of the molecule is O=C(O)C1=CC(Nc2ccccc2)(Nc2ccccc2)C(C(=O)O)C=C1. The quantitative estimate of drug-likeness (QED) is 0.597. The smallest absolute Gasteiger partial charge is 0.335 e. The standard InChI is InChI=1S/C20H18N2O4/c23-18(24)14-11-12-17(19(25)26)20(13-14,21-15-7-3-1-4-8-15)22-16-9-5-2-6-10-16/h1-13,17,21-22H,(H,23,24)(H,25,26). The summed E-state index contributed by atoms with van der Waals surface area (Å²) in [6, 6.07) is 18.1. The minimum absolute atomic E-state index is 0.00867. The fourth-order valence-electron chi connectivity index (χ4n) is 2.92. The van der Waals surface area contributed by atoms with Crippen LogP contribution in [0.1, 0.15) is 0 Å². The van der Waals surface area contributed by atoms with Crippen molar-refractivity contribution in [3.05, 3.63) is 84.5 Å². The Labute approximate surface area is 150 Å². The van der Waals surface area contributed by atoms with Gasteiger partial charge in [0.25, 0.3) is 0 Å². The fourth-order valence-corrected chi connectivity index (χ4v) is 2.92. The molecule has 6 nitrogen and oxygen atoms in total. The van der Waals surface area contributed by atoms with Crippen LogP contribution in [-0.2, 0) is 9.59 Å². The van der Waals surface area contributed by atoms with Gasteiger partial charge in [-0.1, -0.05) is 48.6 Å². The summed E-state index contributed by atoms with van der Waals surface area (Å²) in [6.07, 6.45) is 4.12. The topological polar surface area (TPSA) is 98.7 Å². The Morgan fingerprint density at radius 1 is 0.846 bits per heavy atom. The molecule has 0 radical (unpaired) electrons. The Kier molecular flexibility index (Phi) is 4.75. The maximum Gasteiger partial charge on any atom is 0.335 e. The molecule has 2 aromatic rings. The van der Waals surface area contributed by atoms with Crippen LogP contribution in [0.4, 0.5) is 11.4 Å². The number of rotatable bonds is 6. The normalized spacial score (nSPS) is 17.8. The summed E-state index contributed by atoms with van der Waals surface area (Å²) in [5.41, 5.74) is -0.0110. The van der Waals surface area contributed by atoms with Crippen molar-refractivity contribution in [1.82, 2.24) is 0 Å². The summed E-state index contributed by atoms with van der Waals surface area (Å²) in [6.45, 7) is 0. The van der Waals surface area contributed by atoms with Crippen molar-refractivity contribution >= 4 is 23.3 Å². The zero-order valence-corrected chi connectivity index (χ0v) is 13.8. The van der Waals surface area contributed by atoms with Crippen molar-refractivity contribution < 1.29 is 19.8 Å². The minimum atomic E-state index is -1.35. The third-order valence-electron chi connectivity index (χ3n) is 4.10. The first-order chi connectivity index (χ1) is 12.5. The molecule has 0 spiro atoms. The molecule has 0 saturated carbocycles. The summed E-state index contributed by atoms with van der Waals surface area (Å²) >= 11 is 0. The first kappa shape index (κ1) is 17.3. The van der Waals surface area contributed by atoms with E-state index in [4.69, 9.17) is 0 Å². The lowest BCUT2D eigenvalue weighted by Gasteiger charge is -2.40. The van der Waals surface area contributed by atoms with E-state index in [-0.39, 0.29) is 5.57 Å². The lowest BCUT2D eigenvalue weighted by molar-refractivity contribution is -0.141. The molecule has 1 atom stereocenters. The molecule has 26 heavy (non-hydrogen) atoms. The number of aliphatic carboxylic acids is 2. The van der Waals surface area contributed by atoms with E-state index in [2.05, 4.69) is 10.6 Å². The van der Waals surface area contributed by atoms with Gasteiger partial charge in [-0.2, -0.15) is 0 Å². The molecule has 0 saturated heterocycles. The highest BCUT2D eigenvalue weighted by atomic mass is 16.4. The van der Waals surface area contributed by atoms with Gasteiger partial charge in [0.05, 0.1) is 5.57 Å². The van der Waals surface area contributed by atoms with E-state index in [0.717, 1.165) is 0 Å². The summed E-state index contributed by atoms with van der Waals surface area (Å²) < 4.78 is 0. The second-order valence-corrected chi connectivity index (χ2v) is 5.93. The molecule has 4 N–H and O–H groups in total. The zero-order valence-electron chi connectivity index (χ0n) is 13.8. The Balaban J connectivity index is 2.11. The molecular formula is C20H18N2O4. The maximum atomic E-state index is 11.9. The van der Waals surface area contributed by atoms with Crippen LogP contribution in [-0.4, -0.2) is 27.8 Å². The van der Waals surface area contributed by atoms with Gasteiger partial charge in [-0.05, 0) is 30.3 Å². The van der Waals surface area contributed by atoms with Crippen LogP contribution in [0.5, 0.6) is 0 Å². The third-order valence-corrected chi connectivity index (χ3v) is 4.10. The zero-order chi connectivity index (χ0) is 18.6. The van der Waals surface area contributed by atoms with E-state index in [1.54, 1.807) is 24.3 Å². The second kappa shape index (κ2) is 7.14. The largest absolute Gasteiger partial charge is 0.481 e. The van der Waals surface area contributed by atoms with Crippen LogP contribution in [0.3, 0.4) is 0 Å². The van der Waals surface area contributed by atoms with Crippen molar-refractivity contribution in [1.29, 1.82) is 0 Å². The highest BCUT2D eigenvalue weighted by Crippen LogP contribution is 2.33. The van der Waals surface area contributed by atoms with E-state index >= 15 is 0 Å². The van der Waals surface area contributed by atoms with E-state index in [0.29, 0.717) is 11.4 Å². The minimum Gasteiger partial charge on any atom is -0.481 e. The lowest BCUT2D eigenvalue weighted by Crippen LogP contribution is -2.54. The average molecular weight is 350 g/mol. The van der Waals surface area contributed by atoms with Crippen molar-refractivity contribution in [3.63, 3.8) is 0 Å². The van der Waals surface area contributed by atoms with Gasteiger partial charge >= 0.3 is 11.9 Å². The summed E-state index contributed by atoms with van der Waals surface area (Å²) in [5, 5.41) is 25.5. The second-order valence-electron chi connectivity index (χ2n) is 5.93. The van der Waals surface area contributed by atoms with E-state index in [9.17, 15) is 19.8 Å². The highest BCUT2D eigenvalue weighted by molar-refractivity contribution is 5.92. The van der Waals surface area contributed by atoms with Crippen molar-refractivity contribution in [2.24, 2.45) is 5.92 Å². The number of carbonyl (C=O) groups is 2. The summed E-state index contributed by atoms with van der Waals surface area (Å²) in [4.78, 5) is 23.4. The molecule has 2 aromatic carbocycles. The molecule has 0 aromatic heterocycles. The predicted molar refractivity (Wildman–Crippen MR) is 98.8 cm³/mol. The van der Waals surface area contributed by atoms with Gasteiger partial charge in [0.2, 0.25) is 0 Å². The monoisotopic (exact) mass is 350 g/mol. The number of carboxylic acid groups (broad SMARTS) is 2.